The van der Waals surface area contributed by atoms with Crippen LogP contribution in [0.5, 0.6) is 0 Å². The Morgan fingerprint density at radius 3 is 2.85 bits per heavy atom. The second-order valence-electron chi connectivity index (χ2n) is 4.96. The lowest BCUT2D eigenvalue weighted by molar-refractivity contribution is -0.116. The maximum Gasteiger partial charge on any atom is 0.247 e. The van der Waals surface area contributed by atoms with Gasteiger partial charge in [-0.15, -0.1) is 0 Å². The molecule has 0 aromatic heterocycles. The Bertz CT molecular complexity index is 644. The van der Waals surface area contributed by atoms with Crippen LogP contribution in [0.1, 0.15) is 11.1 Å². The number of carbonyl (C=O) groups excluding carboxylic acids is 1. The lowest BCUT2D eigenvalue weighted by Crippen LogP contribution is -2.33. The number of fused-ring (bicyclic) bond motifs is 1. The molecule has 0 fully saturated rings. The first kappa shape index (κ1) is 13.2. The minimum Gasteiger partial charge on any atom is -0.373 e. The van der Waals surface area contributed by atoms with Crippen LogP contribution in [0.15, 0.2) is 46.9 Å². The standard InChI is InChI=1S/C16H15BrN2O/c1-10-12(17)6-4-8-13(10)19-16(20)15-9-11-5-2-3-7-14(11)18-15/h2-8,15,18H,9H2,1H3,(H,19,20)/t15-/m0/s1. The van der Waals surface area contributed by atoms with Gasteiger partial charge in [0.15, 0.2) is 0 Å². The van der Waals surface area contributed by atoms with Crippen LogP contribution in [0.25, 0.3) is 0 Å². The van der Waals surface area contributed by atoms with E-state index in [1.54, 1.807) is 0 Å². The van der Waals surface area contributed by atoms with Crippen LogP contribution < -0.4 is 10.6 Å². The van der Waals surface area contributed by atoms with E-state index in [0.29, 0.717) is 0 Å². The van der Waals surface area contributed by atoms with Crippen molar-refractivity contribution < 1.29 is 4.79 Å². The molecule has 1 aliphatic heterocycles. The van der Waals surface area contributed by atoms with E-state index in [0.717, 1.165) is 27.8 Å². The van der Waals surface area contributed by atoms with Crippen molar-refractivity contribution in [3.05, 3.63) is 58.1 Å². The molecule has 0 saturated carbocycles. The van der Waals surface area contributed by atoms with E-state index in [-0.39, 0.29) is 11.9 Å². The van der Waals surface area contributed by atoms with Gasteiger partial charge < -0.3 is 10.6 Å². The summed E-state index contributed by atoms with van der Waals surface area (Å²) in [5, 5.41) is 6.26. The molecule has 3 rings (SSSR count). The number of hydrogen-bond donors (Lipinski definition) is 2. The molecule has 4 heteroatoms. The van der Waals surface area contributed by atoms with Crippen LogP contribution in [-0.2, 0) is 11.2 Å². The van der Waals surface area contributed by atoms with Gasteiger partial charge in [-0.2, -0.15) is 0 Å². The fraction of sp³-hybridized carbons (Fsp3) is 0.188. The second kappa shape index (κ2) is 5.29. The highest BCUT2D eigenvalue weighted by Gasteiger charge is 2.26. The third-order valence-corrected chi connectivity index (χ3v) is 4.47. The molecule has 20 heavy (non-hydrogen) atoms. The van der Waals surface area contributed by atoms with Crippen molar-refractivity contribution in [2.75, 3.05) is 10.6 Å². The van der Waals surface area contributed by atoms with Gasteiger partial charge in [0.25, 0.3) is 0 Å². The average Bonchev–Trinajstić information content (AvgIpc) is 2.88. The average molecular weight is 331 g/mol. The van der Waals surface area contributed by atoms with Gasteiger partial charge in [0.05, 0.1) is 0 Å². The summed E-state index contributed by atoms with van der Waals surface area (Å²) in [6, 6.07) is 13.6. The fourth-order valence-corrected chi connectivity index (χ4v) is 2.78. The molecule has 0 spiro atoms. The van der Waals surface area contributed by atoms with E-state index in [4.69, 9.17) is 0 Å². The first-order chi connectivity index (χ1) is 9.65. The van der Waals surface area contributed by atoms with E-state index in [9.17, 15) is 4.79 Å². The van der Waals surface area contributed by atoms with Gasteiger partial charge >= 0.3 is 0 Å². The molecule has 0 bridgehead atoms. The third kappa shape index (κ3) is 2.43. The Morgan fingerprint density at radius 1 is 1.25 bits per heavy atom. The molecule has 3 nitrogen and oxygen atoms in total. The highest BCUT2D eigenvalue weighted by Crippen LogP contribution is 2.27. The van der Waals surface area contributed by atoms with Crippen molar-refractivity contribution >= 4 is 33.2 Å². The summed E-state index contributed by atoms with van der Waals surface area (Å²) in [5.74, 6) is 0.00222. The van der Waals surface area contributed by atoms with Crippen LogP contribution >= 0.6 is 15.9 Å². The molecule has 1 aliphatic rings. The summed E-state index contributed by atoms with van der Waals surface area (Å²) in [6.07, 6.45) is 0.731. The summed E-state index contributed by atoms with van der Waals surface area (Å²) in [5.41, 5.74) is 4.13. The van der Waals surface area contributed by atoms with Gasteiger partial charge in [0.2, 0.25) is 5.91 Å². The molecule has 0 aliphatic carbocycles. The van der Waals surface area contributed by atoms with Crippen LogP contribution in [-0.4, -0.2) is 11.9 Å². The zero-order valence-electron chi connectivity index (χ0n) is 11.1. The monoisotopic (exact) mass is 330 g/mol. The minimum absolute atomic E-state index is 0.00222. The van der Waals surface area contributed by atoms with Crippen molar-refractivity contribution in [3.63, 3.8) is 0 Å². The molecule has 102 valence electrons. The van der Waals surface area contributed by atoms with Crippen LogP contribution in [0, 0.1) is 6.92 Å². The minimum atomic E-state index is -0.203. The highest BCUT2D eigenvalue weighted by atomic mass is 79.9. The topological polar surface area (TPSA) is 41.1 Å². The van der Waals surface area contributed by atoms with Gasteiger partial charge in [0.1, 0.15) is 6.04 Å². The molecule has 2 aromatic rings. The summed E-state index contributed by atoms with van der Waals surface area (Å²) in [7, 11) is 0. The Morgan fingerprint density at radius 2 is 2.05 bits per heavy atom. The van der Waals surface area contributed by atoms with Crippen molar-refractivity contribution in [2.24, 2.45) is 0 Å². The van der Waals surface area contributed by atoms with Gasteiger partial charge in [-0.3, -0.25) is 4.79 Å². The number of benzene rings is 2. The number of para-hydroxylation sites is 1. The van der Waals surface area contributed by atoms with Crippen LogP contribution in [0.3, 0.4) is 0 Å². The zero-order chi connectivity index (χ0) is 14.1. The molecule has 2 aromatic carbocycles. The lowest BCUT2D eigenvalue weighted by Gasteiger charge is -2.14. The summed E-state index contributed by atoms with van der Waals surface area (Å²) in [6.45, 7) is 1.98. The predicted octanol–water partition coefficient (Wildman–Crippen LogP) is 3.73. The SMILES string of the molecule is Cc1c(Br)cccc1NC(=O)[C@@H]1Cc2ccccc2N1. The molecule has 0 radical (unpaired) electrons. The maximum absolute atomic E-state index is 12.4. The largest absolute Gasteiger partial charge is 0.373 e. The molecule has 1 atom stereocenters. The summed E-state index contributed by atoms with van der Waals surface area (Å²) in [4.78, 5) is 12.4. The normalized spacial score (nSPS) is 16.4. The molecule has 2 N–H and O–H groups in total. The zero-order valence-corrected chi connectivity index (χ0v) is 12.7. The fourth-order valence-electron chi connectivity index (χ4n) is 2.42. The number of halogens is 1. The van der Waals surface area contributed by atoms with Gasteiger partial charge in [-0.25, -0.2) is 0 Å². The number of anilines is 2. The number of nitrogens with one attached hydrogen (secondary N) is 2. The van der Waals surface area contributed by atoms with Crippen molar-refractivity contribution in [1.82, 2.24) is 0 Å². The highest BCUT2D eigenvalue weighted by molar-refractivity contribution is 9.10. The number of amides is 1. The maximum atomic E-state index is 12.4. The van der Waals surface area contributed by atoms with E-state index >= 15 is 0 Å². The second-order valence-corrected chi connectivity index (χ2v) is 5.81. The summed E-state index contributed by atoms with van der Waals surface area (Å²) >= 11 is 3.48. The van der Waals surface area contributed by atoms with Crippen LogP contribution in [0.2, 0.25) is 0 Å². The van der Waals surface area contributed by atoms with E-state index in [1.165, 1.54) is 5.56 Å². The Hall–Kier alpha value is -1.81. The van der Waals surface area contributed by atoms with E-state index in [1.807, 2.05) is 43.3 Å². The number of carbonyl (C=O) groups is 1. The van der Waals surface area contributed by atoms with Gasteiger partial charge in [0, 0.05) is 22.3 Å². The molecule has 1 amide bonds. The molecular weight excluding hydrogens is 316 g/mol. The van der Waals surface area contributed by atoms with Gasteiger partial charge in [-0.1, -0.05) is 40.2 Å². The number of hydrogen-bond acceptors (Lipinski definition) is 2. The van der Waals surface area contributed by atoms with E-state index < -0.39 is 0 Å². The van der Waals surface area contributed by atoms with Gasteiger partial charge in [-0.05, 0) is 36.2 Å². The molecule has 0 saturated heterocycles. The first-order valence-corrected chi connectivity index (χ1v) is 7.35. The number of rotatable bonds is 2. The Balaban J connectivity index is 1.74. The third-order valence-electron chi connectivity index (χ3n) is 3.61. The first-order valence-electron chi connectivity index (χ1n) is 6.55. The quantitative estimate of drug-likeness (QED) is 0.880. The van der Waals surface area contributed by atoms with Crippen molar-refractivity contribution in [1.29, 1.82) is 0 Å². The van der Waals surface area contributed by atoms with E-state index in [2.05, 4.69) is 32.6 Å². The summed E-state index contributed by atoms with van der Waals surface area (Å²) < 4.78 is 0.998. The lowest BCUT2D eigenvalue weighted by atomic mass is 10.1. The molecular formula is C16H15BrN2O. The molecule has 1 heterocycles. The van der Waals surface area contributed by atoms with Crippen molar-refractivity contribution in [3.8, 4) is 0 Å². The smallest absolute Gasteiger partial charge is 0.247 e. The Kier molecular flexibility index (Phi) is 3.49. The Labute approximate surface area is 126 Å². The van der Waals surface area contributed by atoms with Crippen LogP contribution in [0.4, 0.5) is 11.4 Å². The molecule has 0 unspecified atom stereocenters. The van der Waals surface area contributed by atoms with Crippen molar-refractivity contribution in [2.45, 2.75) is 19.4 Å². The predicted molar refractivity (Wildman–Crippen MR) is 85.1 cm³/mol.